The van der Waals surface area contributed by atoms with Crippen LogP contribution in [0.25, 0.3) is 11.5 Å². The van der Waals surface area contributed by atoms with E-state index in [9.17, 15) is 4.79 Å². The van der Waals surface area contributed by atoms with Crippen LogP contribution in [0.3, 0.4) is 0 Å². The van der Waals surface area contributed by atoms with Crippen molar-refractivity contribution in [2.24, 2.45) is 0 Å². The summed E-state index contributed by atoms with van der Waals surface area (Å²) in [6.07, 6.45) is 0. The number of halogens is 1. The van der Waals surface area contributed by atoms with Crippen molar-refractivity contribution in [1.29, 1.82) is 0 Å². The summed E-state index contributed by atoms with van der Waals surface area (Å²) in [5.41, 5.74) is 2.90. The standard InChI is InChI=1S/C19H18ClN3O2S/c1-12-6-3-4-9-16(12)18-22-23-19(25-18)26-11-17(24)21-13(2)14-7-5-8-15(20)10-14/h3-10,13H,11H2,1-2H3,(H,21,24). The minimum absolute atomic E-state index is 0.113. The van der Waals surface area contributed by atoms with E-state index in [1.54, 1.807) is 6.07 Å². The van der Waals surface area contributed by atoms with Crippen molar-refractivity contribution in [1.82, 2.24) is 15.5 Å². The minimum atomic E-state index is -0.132. The second kappa shape index (κ2) is 8.38. The van der Waals surface area contributed by atoms with Gasteiger partial charge in [0.15, 0.2) is 0 Å². The number of thioether (sulfide) groups is 1. The molecular weight excluding hydrogens is 370 g/mol. The summed E-state index contributed by atoms with van der Waals surface area (Å²) in [5, 5.41) is 12.0. The van der Waals surface area contributed by atoms with Crippen LogP contribution in [-0.2, 0) is 4.79 Å². The summed E-state index contributed by atoms with van der Waals surface area (Å²) in [6.45, 7) is 3.90. The van der Waals surface area contributed by atoms with Crippen molar-refractivity contribution in [3.8, 4) is 11.5 Å². The summed E-state index contributed by atoms with van der Waals surface area (Å²) in [7, 11) is 0. The molecule has 7 heteroatoms. The van der Waals surface area contributed by atoms with Gasteiger partial charge in [-0.15, -0.1) is 10.2 Å². The zero-order valence-corrected chi connectivity index (χ0v) is 16.0. The minimum Gasteiger partial charge on any atom is -0.411 e. The van der Waals surface area contributed by atoms with Gasteiger partial charge in [0, 0.05) is 10.6 Å². The van der Waals surface area contributed by atoms with Crippen LogP contribution in [0.15, 0.2) is 58.2 Å². The number of amides is 1. The third-order valence-corrected chi connectivity index (χ3v) is 4.89. The van der Waals surface area contributed by atoms with E-state index in [2.05, 4.69) is 15.5 Å². The number of aryl methyl sites for hydroxylation is 1. The van der Waals surface area contributed by atoms with Crippen LogP contribution in [0.4, 0.5) is 0 Å². The lowest BCUT2D eigenvalue weighted by Crippen LogP contribution is -2.28. The number of benzene rings is 2. The maximum Gasteiger partial charge on any atom is 0.277 e. The van der Waals surface area contributed by atoms with Crippen molar-refractivity contribution in [2.45, 2.75) is 25.1 Å². The highest BCUT2D eigenvalue weighted by molar-refractivity contribution is 7.99. The second-order valence-corrected chi connectivity index (χ2v) is 7.18. The van der Waals surface area contributed by atoms with Gasteiger partial charge in [0.1, 0.15) is 0 Å². The van der Waals surface area contributed by atoms with Gasteiger partial charge < -0.3 is 9.73 Å². The van der Waals surface area contributed by atoms with Gasteiger partial charge in [0.2, 0.25) is 11.8 Å². The first-order valence-corrected chi connectivity index (χ1v) is 9.46. The monoisotopic (exact) mass is 387 g/mol. The first-order chi connectivity index (χ1) is 12.5. The average Bonchev–Trinajstić information content (AvgIpc) is 3.09. The number of nitrogens with one attached hydrogen (secondary N) is 1. The largest absolute Gasteiger partial charge is 0.411 e. The van der Waals surface area contributed by atoms with Gasteiger partial charge >= 0.3 is 0 Å². The molecule has 1 atom stereocenters. The van der Waals surface area contributed by atoms with Gasteiger partial charge in [0.05, 0.1) is 11.8 Å². The first-order valence-electron chi connectivity index (χ1n) is 8.10. The Morgan fingerprint density at radius 2 is 2.04 bits per heavy atom. The topological polar surface area (TPSA) is 68.0 Å². The third-order valence-electron chi connectivity index (χ3n) is 3.83. The normalized spacial score (nSPS) is 12.0. The van der Waals surface area contributed by atoms with Gasteiger partial charge in [-0.05, 0) is 43.2 Å². The lowest BCUT2D eigenvalue weighted by Gasteiger charge is -2.14. The molecule has 134 valence electrons. The van der Waals surface area contributed by atoms with Crippen molar-refractivity contribution in [3.63, 3.8) is 0 Å². The fourth-order valence-electron chi connectivity index (χ4n) is 2.46. The first kappa shape index (κ1) is 18.5. The fraction of sp³-hybridized carbons (Fsp3) is 0.211. The van der Waals surface area contributed by atoms with Crippen LogP contribution in [-0.4, -0.2) is 21.9 Å². The van der Waals surface area contributed by atoms with Crippen molar-refractivity contribution < 1.29 is 9.21 Å². The summed E-state index contributed by atoms with van der Waals surface area (Å²) in [4.78, 5) is 12.2. The lowest BCUT2D eigenvalue weighted by molar-refractivity contribution is -0.119. The van der Waals surface area contributed by atoms with Crippen LogP contribution < -0.4 is 5.32 Å². The SMILES string of the molecule is Cc1ccccc1-c1nnc(SCC(=O)NC(C)c2cccc(Cl)c2)o1. The molecule has 3 aromatic rings. The third kappa shape index (κ3) is 4.65. The molecule has 2 aromatic carbocycles. The molecule has 0 aliphatic heterocycles. The maximum atomic E-state index is 12.2. The molecule has 26 heavy (non-hydrogen) atoms. The van der Waals surface area contributed by atoms with Gasteiger partial charge in [-0.25, -0.2) is 0 Å². The highest BCUT2D eigenvalue weighted by Gasteiger charge is 2.14. The summed E-state index contributed by atoms with van der Waals surface area (Å²) in [5.74, 6) is 0.539. The van der Waals surface area contributed by atoms with Crippen molar-refractivity contribution in [3.05, 3.63) is 64.7 Å². The van der Waals surface area contributed by atoms with Gasteiger partial charge in [-0.2, -0.15) is 0 Å². The van der Waals surface area contributed by atoms with E-state index < -0.39 is 0 Å². The molecule has 0 saturated heterocycles. The van der Waals surface area contributed by atoms with E-state index >= 15 is 0 Å². The molecule has 0 saturated carbocycles. The Morgan fingerprint density at radius 3 is 2.81 bits per heavy atom. The number of hydrogen-bond acceptors (Lipinski definition) is 5. The molecule has 1 amide bonds. The smallest absolute Gasteiger partial charge is 0.277 e. The Bertz CT molecular complexity index is 913. The number of nitrogens with zero attached hydrogens (tertiary/aromatic N) is 2. The second-order valence-electron chi connectivity index (χ2n) is 5.82. The zero-order valence-electron chi connectivity index (χ0n) is 14.4. The predicted octanol–water partition coefficient (Wildman–Crippen LogP) is 4.67. The number of rotatable bonds is 6. The lowest BCUT2D eigenvalue weighted by atomic mass is 10.1. The molecule has 3 rings (SSSR count). The number of carbonyl (C=O) groups is 1. The van der Waals surface area contributed by atoms with Gasteiger partial charge in [0.25, 0.3) is 5.22 Å². The molecular formula is C19H18ClN3O2S. The number of hydrogen-bond donors (Lipinski definition) is 1. The van der Waals surface area contributed by atoms with Crippen LogP contribution in [0.5, 0.6) is 0 Å². The summed E-state index contributed by atoms with van der Waals surface area (Å²) in [6, 6.07) is 15.1. The molecule has 0 bridgehead atoms. The van der Waals surface area contributed by atoms with E-state index in [-0.39, 0.29) is 17.7 Å². The molecule has 1 N–H and O–H groups in total. The Hall–Kier alpha value is -2.31. The zero-order chi connectivity index (χ0) is 18.5. The van der Waals surface area contributed by atoms with Gasteiger partial charge in [-0.3, -0.25) is 4.79 Å². The van der Waals surface area contributed by atoms with E-state index in [4.69, 9.17) is 16.0 Å². The van der Waals surface area contributed by atoms with Crippen LogP contribution in [0.2, 0.25) is 5.02 Å². The Kier molecular flexibility index (Phi) is 5.96. The van der Waals surface area contributed by atoms with E-state index in [1.165, 1.54) is 11.8 Å². The van der Waals surface area contributed by atoms with E-state index in [1.807, 2.05) is 56.3 Å². The van der Waals surface area contributed by atoms with Crippen LogP contribution in [0, 0.1) is 6.92 Å². The Morgan fingerprint density at radius 1 is 1.23 bits per heavy atom. The van der Waals surface area contributed by atoms with Crippen molar-refractivity contribution >= 4 is 29.3 Å². The molecule has 1 heterocycles. The summed E-state index contributed by atoms with van der Waals surface area (Å²) < 4.78 is 5.65. The molecule has 0 fully saturated rings. The molecule has 0 spiro atoms. The highest BCUT2D eigenvalue weighted by atomic mass is 35.5. The average molecular weight is 388 g/mol. The highest BCUT2D eigenvalue weighted by Crippen LogP contribution is 2.25. The van der Waals surface area contributed by atoms with E-state index in [0.717, 1.165) is 16.7 Å². The van der Waals surface area contributed by atoms with Gasteiger partial charge in [-0.1, -0.05) is 53.7 Å². The number of aromatic nitrogens is 2. The fourth-order valence-corrected chi connectivity index (χ4v) is 3.23. The maximum absolute atomic E-state index is 12.2. The predicted molar refractivity (Wildman–Crippen MR) is 103 cm³/mol. The van der Waals surface area contributed by atoms with Crippen LogP contribution >= 0.6 is 23.4 Å². The van der Waals surface area contributed by atoms with Crippen molar-refractivity contribution in [2.75, 3.05) is 5.75 Å². The molecule has 0 radical (unpaired) electrons. The summed E-state index contributed by atoms with van der Waals surface area (Å²) >= 11 is 7.20. The quantitative estimate of drug-likeness (QED) is 0.622. The Balaban J connectivity index is 1.56. The number of carbonyl (C=O) groups excluding carboxylic acids is 1. The van der Waals surface area contributed by atoms with Crippen LogP contribution in [0.1, 0.15) is 24.1 Å². The molecule has 1 unspecified atom stereocenters. The molecule has 0 aliphatic carbocycles. The molecule has 5 nitrogen and oxygen atoms in total. The molecule has 1 aromatic heterocycles. The Labute approximate surface area is 161 Å². The van der Waals surface area contributed by atoms with E-state index in [0.29, 0.717) is 16.1 Å². The molecule has 0 aliphatic rings.